The first kappa shape index (κ1) is 8.43. The number of carbonyl (C=O) groups excluding carboxylic acids is 1. The smallest absolute Gasteiger partial charge is 0.281 e. The summed E-state index contributed by atoms with van der Waals surface area (Å²) in [7, 11) is 0. The minimum Gasteiger partial charge on any atom is -0.395 e. The molecule has 1 amide bonds. The van der Waals surface area contributed by atoms with E-state index < -0.39 is 11.6 Å². The van der Waals surface area contributed by atoms with Gasteiger partial charge in [-0.25, -0.2) is 0 Å². The van der Waals surface area contributed by atoms with Gasteiger partial charge in [-0.3, -0.25) is 4.79 Å². The molecule has 0 aromatic carbocycles. The zero-order valence-corrected chi connectivity index (χ0v) is 5.50. The highest BCUT2D eigenvalue weighted by molar-refractivity contribution is 6.44. The predicted octanol–water partition coefficient (Wildman–Crippen LogP) is -0.612. The second-order valence-electron chi connectivity index (χ2n) is 1.33. The number of hydrogen-bond acceptors (Lipinski definition) is 4. The molecule has 0 aromatic rings. The zero-order chi connectivity index (χ0) is 7.98. The molecule has 0 atom stereocenters. The number of amides is 1. The Labute approximate surface area is 58.1 Å². The molecule has 0 saturated carbocycles. The zero-order valence-electron chi connectivity index (χ0n) is 5.50. The largest absolute Gasteiger partial charge is 0.395 e. The van der Waals surface area contributed by atoms with Crippen molar-refractivity contribution in [3.05, 3.63) is 0 Å². The number of nitrogens with two attached hydrogens (primary N) is 1. The van der Waals surface area contributed by atoms with Crippen LogP contribution in [0.2, 0.25) is 0 Å². The summed E-state index contributed by atoms with van der Waals surface area (Å²) in [6.07, 6.45) is 0. The highest BCUT2D eigenvalue weighted by Gasteiger charge is 2.04. The second-order valence-corrected chi connectivity index (χ2v) is 1.33. The molecule has 10 heavy (non-hydrogen) atoms. The van der Waals surface area contributed by atoms with Gasteiger partial charge in [-0.15, -0.1) is 0 Å². The van der Waals surface area contributed by atoms with Crippen LogP contribution in [0.5, 0.6) is 0 Å². The highest BCUT2D eigenvalue weighted by atomic mass is 16.6. The van der Waals surface area contributed by atoms with Crippen molar-refractivity contribution in [1.82, 2.24) is 0 Å². The predicted molar refractivity (Wildman–Crippen MR) is 33.9 cm³/mol. The SMILES string of the molecule is CCO/N=C(\C#N)C(N)=O. The molecule has 54 valence electrons. The molecule has 5 nitrogen and oxygen atoms in total. The molecule has 0 radical (unpaired) electrons. The maximum Gasteiger partial charge on any atom is 0.281 e. The summed E-state index contributed by atoms with van der Waals surface area (Å²) in [6.45, 7) is 1.98. The average Bonchev–Trinajstić information content (AvgIpc) is 1.89. The summed E-state index contributed by atoms with van der Waals surface area (Å²) in [5, 5.41) is 11.3. The van der Waals surface area contributed by atoms with Crippen molar-refractivity contribution in [3.63, 3.8) is 0 Å². The van der Waals surface area contributed by atoms with E-state index in [0.717, 1.165) is 0 Å². The van der Waals surface area contributed by atoms with Crippen LogP contribution in [-0.2, 0) is 9.63 Å². The van der Waals surface area contributed by atoms with Gasteiger partial charge in [0.15, 0.2) is 0 Å². The minimum atomic E-state index is -0.879. The third-order valence-electron chi connectivity index (χ3n) is 0.624. The molecule has 2 N–H and O–H groups in total. The Morgan fingerprint density at radius 1 is 1.90 bits per heavy atom. The molecule has 0 saturated heterocycles. The highest BCUT2D eigenvalue weighted by Crippen LogP contribution is 1.78. The fourth-order valence-corrected chi connectivity index (χ4v) is 0.250. The minimum absolute atomic E-state index is 0.304. The van der Waals surface area contributed by atoms with Gasteiger partial charge >= 0.3 is 0 Å². The summed E-state index contributed by atoms with van der Waals surface area (Å²) < 4.78 is 0. The van der Waals surface area contributed by atoms with Gasteiger partial charge in [0.2, 0.25) is 5.71 Å². The average molecular weight is 141 g/mol. The molecule has 5 heteroatoms. The first-order valence-corrected chi connectivity index (χ1v) is 2.62. The number of rotatable bonds is 3. The van der Waals surface area contributed by atoms with Crippen molar-refractivity contribution in [3.8, 4) is 6.07 Å². The Hall–Kier alpha value is -1.57. The van der Waals surface area contributed by atoms with E-state index in [2.05, 4.69) is 9.99 Å². The quantitative estimate of drug-likeness (QED) is 0.420. The molecular weight excluding hydrogens is 134 g/mol. The van der Waals surface area contributed by atoms with Crippen LogP contribution < -0.4 is 5.73 Å². The Bertz CT molecular complexity index is 192. The van der Waals surface area contributed by atoms with Crippen molar-refractivity contribution < 1.29 is 9.63 Å². The number of hydrogen-bond donors (Lipinski definition) is 1. The molecule has 0 fully saturated rings. The Balaban J connectivity index is 4.09. The van der Waals surface area contributed by atoms with Crippen molar-refractivity contribution in [2.45, 2.75) is 6.92 Å². The number of primary amides is 1. The molecule has 0 aliphatic carbocycles. The standard InChI is InChI=1S/C5H7N3O2/c1-2-10-8-4(3-6)5(7)9/h2H2,1H3,(H2,7,9)/b8-4+. The van der Waals surface area contributed by atoms with E-state index in [-0.39, 0.29) is 0 Å². The van der Waals surface area contributed by atoms with Crippen LogP contribution in [0.25, 0.3) is 0 Å². The van der Waals surface area contributed by atoms with Gasteiger partial charge in [0.05, 0.1) is 0 Å². The number of carbonyl (C=O) groups is 1. The summed E-state index contributed by atoms with van der Waals surface area (Å²) in [4.78, 5) is 14.6. The van der Waals surface area contributed by atoms with E-state index in [1.54, 1.807) is 6.92 Å². The van der Waals surface area contributed by atoms with Crippen molar-refractivity contribution in [2.75, 3.05) is 6.61 Å². The van der Waals surface area contributed by atoms with Crippen LogP contribution in [0.4, 0.5) is 0 Å². The lowest BCUT2D eigenvalue weighted by Crippen LogP contribution is -2.21. The van der Waals surface area contributed by atoms with Crippen LogP contribution in [0.1, 0.15) is 6.92 Å². The van der Waals surface area contributed by atoms with E-state index in [4.69, 9.17) is 11.0 Å². The van der Waals surface area contributed by atoms with Crippen LogP contribution >= 0.6 is 0 Å². The van der Waals surface area contributed by atoms with Gasteiger partial charge < -0.3 is 10.6 Å². The molecule has 0 bridgehead atoms. The monoisotopic (exact) mass is 141 g/mol. The Morgan fingerprint density at radius 3 is 2.80 bits per heavy atom. The maximum atomic E-state index is 10.2. The molecule has 0 aromatic heterocycles. The van der Waals surface area contributed by atoms with E-state index in [0.29, 0.717) is 6.61 Å². The molecular formula is C5H7N3O2. The summed E-state index contributed by atoms with van der Waals surface area (Å²) in [5.74, 6) is -0.879. The van der Waals surface area contributed by atoms with Gasteiger partial charge in [0.25, 0.3) is 5.91 Å². The Kier molecular flexibility index (Phi) is 3.64. The van der Waals surface area contributed by atoms with Crippen LogP contribution in [0.15, 0.2) is 5.16 Å². The summed E-state index contributed by atoms with van der Waals surface area (Å²) >= 11 is 0. The number of nitriles is 1. The van der Waals surface area contributed by atoms with Gasteiger partial charge in [0.1, 0.15) is 12.7 Å². The third kappa shape index (κ3) is 2.67. The lowest BCUT2D eigenvalue weighted by atomic mass is 10.4. The van der Waals surface area contributed by atoms with Gasteiger partial charge in [-0.2, -0.15) is 5.26 Å². The van der Waals surface area contributed by atoms with E-state index in [1.807, 2.05) is 0 Å². The maximum absolute atomic E-state index is 10.2. The van der Waals surface area contributed by atoms with Gasteiger partial charge in [0, 0.05) is 0 Å². The van der Waals surface area contributed by atoms with Gasteiger partial charge in [-0.05, 0) is 6.92 Å². The molecule has 0 rings (SSSR count). The fourth-order valence-electron chi connectivity index (χ4n) is 0.250. The van der Waals surface area contributed by atoms with E-state index >= 15 is 0 Å². The number of oxime groups is 1. The third-order valence-corrected chi connectivity index (χ3v) is 0.624. The molecule has 0 unspecified atom stereocenters. The van der Waals surface area contributed by atoms with E-state index in [9.17, 15) is 4.79 Å². The van der Waals surface area contributed by atoms with Crippen molar-refractivity contribution in [2.24, 2.45) is 10.9 Å². The van der Waals surface area contributed by atoms with Crippen LogP contribution in [0, 0.1) is 11.3 Å². The summed E-state index contributed by atoms with van der Waals surface area (Å²) in [6, 6.07) is 1.49. The normalized spacial score (nSPS) is 10.2. The molecule has 0 aliphatic heterocycles. The topological polar surface area (TPSA) is 88.5 Å². The summed E-state index contributed by atoms with van der Waals surface area (Å²) in [5.41, 5.74) is 4.30. The Morgan fingerprint density at radius 2 is 2.50 bits per heavy atom. The second kappa shape index (κ2) is 4.32. The molecule has 0 aliphatic rings. The molecule has 0 spiro atoms. The fraction of sp³-hybridized carbons (Fsp3) is 0.400. The van der Waals surface area contributed by atoms with E-state index in [1.165, 1.54) is 6.07 Å². The first-order valence-electron chi connectivity index (χ1n) is 2.62. The first-order chi connectivity index (χ1) is 4.72. The van der Waals surface area contributed by atoms with Crippen LogP contribution in [-0.4, -0.2) is 18.2 Å². The van der Waals surface area contributed by atoms with Crippen molar-refractivity contribution >= 4 is 11.6 Å². The lowest BCUT2D eigenvalue weighted by Gasteiger charge is -1.90. The van der Waals surface area contributed by atoms with Crippen molar-refractivity contribution in [1.29, 1.82) is 5.26 Å². The molecule has 0 heterocycles. The lowest BCUT2D eigenvalue weighted by molar-refractivity contribution is -0.112. The van der Waals surface area contributed by atoms with Crippen LogP contribution in [0.3, 0.4) is 0 Å². The van der Waals surface area contributed by atoms with Gasteiger partial charge in [-0.1, -0.05) is 5.16 Å². The number of nitrogens with zero attached hydrogens (tertiary/aromatic N) is 2.